The maximum atomic E-state index is 13.1. The molecular formula is C19H15N5OS. The van der Waals surface area contributed by atoms with Gasteiger partial charge in [-0.05, 0) is 18.9 Å². The van der Waals surface area contributed by atoms with Crippen molar-refractivity contribution in [1.29, 1.82) is 0 Å². The van der Waals surface area contributed by atoms with E-state index >= 15 is 0 Å². The summed E-state index contributed by atoms with van der Waals surface area (Å²) < 4.78 is 1.75. The largest absolute Gasteiger partial charge is 0.397 e. The van der Waals surface area contributed by atoms with Crippen molar-refractivity contribution in [1.82, 2.24) is 19.5 Å². The molecule has 0 aliphatic heterocycles. The summed E-state index contributed by atoms with van der Waals surface area (Å²) >= 11 is 1.40. The van der Waals surface area contributed by atoms with E-state index in [0.717, 1.165) is 24.1 Å². The van der Waals surface area contributed by atoms with Crippen molar-refractivity contribution in [2.24, 2.45) is 0 Å². The van der Waals surface area contributed by atoms with E-state index in [1.54, 1.807) is 10.8 Å². The molecule has 7 heteroatoms. The second kappa shape index (κ2) is 5.74. The average Bonchev–Trinajstić information content (AvgIpc) is 3.34. The summed E-state index contributed by atoms with van der Waals surface area (Å²) in [5.74, 6) is 0. The molecule has 2 N–H and O–H groups in total. The molecule has 0 spiro atoms. The van der Waals surface area contributed by atoms with Gasteiger partial charge in [0.2, 0.25) is 0 Å². The van der Waals surface area contributed by atoms with Gasteiger partial charge in [-0.3, -0.25) is 9.36 Å². The minimum absolute atomic E-state index is 0.146. The van der Waals surface area contributed by atoms with Gasteiger partial charge < -0.3 is 5.73 Å². The van der Waals surface area contributed by atoms with E-state index in [1.807, 2.05) is 41.8 Å². The van der Waals surface area contributed by atoms with E-state index in [1.165, 1.54) is 11.3 Å². The highest BCUT2D eigenvalue weighted by molar-refractivity contribution is 7.13. The van der Waals surface area contributed by atoms with Crippen LogP contribution in [0.3, 0.4) is 0 Å². The van der Waals surface area contributed by atoms with Crippen LogP contribution in [0.2, 0.25) is 0 Å². The van der Waals surface area contributed by atoms with Crippen LogP contribution in [0.25, 0.3) is 33.1 Å². The van der Waals surface area contributed by atoms with Crippen molar-refractivity contribution in [3.8, 4) is 22.0 Å². The summed E-state index contributed by atoms with van der Waals surface area (Å²) in [4.78, 5) is 26.7. The Morgan fingerprint density at radius 2 is 1.96 bits per heavy atom. The Morgan fingerprint density at radius 3 is 2.65 bits per heavy atom. The lowest BCUT2D eigenvalue weighted by Gasteiger charge is -2.13. The van der Waals surface area contributed by atoms with E-state index in [4.69, 9.17) is 10.7 Å². The summed E-state index contributed by atoms with van der Waals surface area (Å²) in [6.45, 7) is 0. The average molecular weight is 361 g/mol. The monoisotopic (exact) mass is 361 g/mol. The number of hydrogen-bond acceptors (Lipinski definition) is 6. The van der Waals surface area contributed by atoms with Gasteiger partial charge in [-0.2, -0.15) is 0 Å². The first-order chi connectivity index (χ1) is 12.7. The zero-order valence-corrected chi connectivity index (χ0v) is 14.6. The van der Waals surface area contributed by atoms with E-state index in [9.17, 15) is 4.79 Å². The highest BCUT2D eigenvalue weighted by atomic mass is 32.1. The van der Waals surface area contributed by atoms with Gasteiger partial charge in [0, 0.05) is 23.2 Å². The first-order valence-electron chi connectivity index (χ1n) is 8.40. The molecule has 0 bridgehead atoms. The number of aromatic nitrogens is 4. The number of thiazole rings is 1. The number of hydrogen-bond donors (Lipinski definition) is 1. The van der Waals surface area contributed by atoms with E-state index in [0.29, 0.717) is 27.6 Å². The molecular weight excluding hydrogens is 346 g/mol. The van der Waals surface area contributed by atoms with Crippen molar-refractivity contribution in [3.63, 3.8) is 0 Å². The fourth-order valence-corrected chi connectivity index (χ4v) is 3.72. The third kappa shape index (κ3) is 2.40. The molecule has 1 aliphatic carbocycles. The molecule has 0 radical (unpaired) electrons. The number of nitrogens with two attached hydrogens (primary N) is 1. The molecule has 0 unspecified atom stereocenters. The fourth-order valence-electron chi connectivity index (χ4n) is 3.10. The molecule has 0 amide bonds. The quantitative estimate of drug-likeness (QED) is 0.603. The van der Waals surface area contributed by atoms with Gasteiger partial charge in [0.1, 0.15) is 10.5 Å². The number of rotatable bonds is 3. The lowest BCUT2D eigenvalue weighted by molar-refractivity contribution is 0.726. The van der Waals surface area contributed by atoms with Crippen molar-refractivity contribution < 1.29 is 0 Å². The number of nitrogens with zero attached hydrogens (tertiary/aromatic N) is 4. The highest BCUT2D eigenvalue weighted by Crippen LogP contribution is 2.37. The van der Waals surface area contributed by atoms with Crippen LogP contribution in [-0.4, -0.2) is 19.5 Å². The Morgan fingerprint density at radius 1 is 1.15 bits per heavy atom. The number of anilines is 1. The van der Waals surface area contributed by atoms with Crippen LogP contribution < -0.4 is 11.3 Å². The topological polar surface area (TPSA) is 86.7 Å². The smallest absolute Gasteiger partial charge is 0.281 e. The van der Waals surface area contributed by atoms with Crippen LogP contribution in [0.15, 0.2) is 52.8 Å². The molecule has 0 saturated heterocycles. The Bertz CT molecular complexity index is 1160. The fraction of sp³-hybridized carbons (Fsp3) is 0.158. The Balaban J connectivity index is 1.84. The summed E-state index contributed by atoms with van der Waals surface area (Å²) in [6, 6.07) is 11.8. The lowest BCUT2D eigenvalue weighted by atomic mass is 10.1. The van der Waals surface area contributed by atoms with E-state index in [-0.39, 0.29) is 11.6 Å². The van der Waals surface area contributed by atoms with Gasteiger partial charge in [-0.15, -0.1) is 11.3 Å². The minimum Gasteiger partial charge on any atom is -0.397 e. The van der Waals surface area contributed by atoms with Crippen LogP contribution >= 0.6 is 11.3 Å². The zero-order valence-electron chi connectivity index (χ0n) is 13.8. The molecule has 1 aromatic carbocycles. The normalized spacial score (nSPS) is 14.0. The van der Waals surface area contributed by atoms with E-state index in [2.05, 4.69) is 9.97 Å². The van der Waals surface area contributed by atoms with Gasteiger partial charge in [-0.1, -0.05) is 30.3 Å². The van der Waals surface area contributed by atoms with Crippen LogP contribution in [0.1, 0.15) is 18.9 Å². The third-order valence-corrected chi connectivity index (χ3v) is 5.27. The second-order valence-electron chi connectivity index (χ2n) is 6.34. The maximum absolute atomic E-state index is 13.1. The van der Waals surface area contributed by atoms with Gasteiger partial charge in [0.05, 0.1) is 11.4 Å². The molecule has 6 nitrogen and oxygen atoms in total. The number of benzene rings is 1. The van der Waals surface area contributed by atoms with Gasteiger partial charge in [0.25, 0.3) is 5.56 Å². The Labute approximate surface area is 153 Å². The van der Waals surface area contributed by atoms with Crippen LogP contribution in [0.4, 0.5) is 5.69 Å². The zero-order chi connectivity index (χ0) is 17.7. The molecule has 4 aromatic rings. The molecule has 3 aromatic heterocycles. The van der Waals surface area contributed by atoms with Gasteiger partial charge in [-0.25, -0.2) is 15.0 Å². The molecule has 0 atom stereocenters. The van der Waals surface area contributed by atoms with Crippen molar-refractivity contribution >= 4 is 28.2 Å². The summed E-state index contributed by atoms with van der Waals surface area (Å²) in [6.07, 6.45) is 3.61. The SMILES string of the molecule is Nc1cc(-c2ccccc2)nc2c1nc(-c1nccs1)c(=O)n2C1CC1. The van der Waals surface area contributed by atoms with Crippen molar-refractivity contribution in [2.45, 2.75) is 18.9 Å². The molecule has 1 saturated carbocycles. The molecule has 3 heterocycles. The van der Waals surface area contributed by atoms with Crippen molar-refractivity contribution in [3.05, 3.63) is 58.3 Å². The van der Waals surface area contributed by atoms with Gasteiger partial charge in [0.15, 0.2) is 11.3 Å². The first-order valence-corrected chi connectivity index (χ1v) is 9.28. The van der Waals surface area contributed by atoms with E-state index < -0.39 is 0 Å². The minimum atomic E-state index is -0.146. The second-order valence-corrected chi connectivity index (χ2v) is 7.23. The molecule has 1 aliphatic rings. The number of nitrogen functional groups attached to an aromatic ring is 1. The maximum Gasteiger partial charge on any atom is 0.281 e. The third-order valence-electron chi connectivity index (χ3n) is 4.49. The first kappa shape index (κ1) is 15.2. The Kier molecular flexibility index (Phi) is 3.36. The lowest BCUT2D eigenvalue weighted by Crippen LogP contribution is -2.24. The predicted molar refractivity (Wildman–Crippen MR) is 103 cm³/mol. The predicted octanol–water partition coefficient (Wildman–Crippen LogP) is 3.50. The standard InChI is InChI=1S/C19H15N5OS/c20-13-10-14(11-4-2-1-3-5-11)22-17-15(13)23-16(18-21-8-9-26-18)19(25)24(17)12-6-7-12/h1-5,8-10,12H,6-7H2,(H2,20,22). The van der Waals surface area contributed by atoms with Crippen LogP contribution in [-0.2, 0) is 0 Å². The van der Waals surface area contributed by atoms with Crippen LogP contribution in [0.5, 0.6) is 0 Å². The van der Waals surface area contributed by atoms with Crippen molar-refractivity contribution in [2.75, 3.05) is 5.73 Å². The highest BCUT2D eigenvalue weighted by Gasteiger charge is 2.30. The molecule has 5 rings (SSSR count). The summed E-state index contributed by atoms with van der Waals surface area (Å²) in [5.41, 5.74) is 9.85. The summed E-state index contributed by atoms with van der Waals surface area (Å²) in [5, 5.41) is 2.44. The van der Waals surface area contributed by atoms with Gasteiger partial charge >= 0.3 is 0 Å². The van der Waals surface area contributed by atoms with Crippen LogP contribution in [0, 0.1) is 0 Å². The summed E-state index contributed by atoms with van der Waals surface area (Å²) in [7, 11) is 0. The molecule has 1 fully saturated rings. The number of fused-ring (bicyclic) bond motifs is 1. The molecule has 26 heavy (non-hydrogen) atoms. The molecule has 128 valence electrons. The number of pyridine rings is 1. The Hall–Kier alpha value is -3.06.